The Morgan fingerprint density at radius 2 is 2.07 bits per heavy atom. The summed E-state index contributed by atoms with van der Waals surface area (Å²) in [5, 5.41) is 0. The summed E-state index contributed by atoms with van der Waals surface area (Å²) in [4.78, 5) is 5.11. The molecule has 0 spiro atoms. The van der Waals surface area contributed by atoms with Crippen LogP contribution in [-0.4, -0.2) is 55.6 Å². The van der Waals surface area contributed by atoms with Crippen molar-refractivity contribution in [3.63, 3.8) is 0 Å². The minimum atomic E-state index is 0.759. The molecular formula is C11H23N3. The molecule has 3 nitrogen and oxygen atoms in total. The second-order valence-electron chi connectivity index (χ2n) is 4.94. The molecule has 0 bridgehead atoms. The van der Waals surface area contributed by atoms with Gasteiger partial charge in [0.25, 0.3) is 0 Å². The Balaban J connectivity index is 1.84. The standard InChI is InChI=1S/C11H23N3/c1-13-6-4-11(9-13)14-5-2-3-10(7-12)8-14/h10-11H,2-9,12H2,1H3. The lowest BCUT2D eigenvalue weighted by Gasteiger charge is -2.36. The summed E-state index contributed by atoms with van der Waals surface area (Å²) in [6, 6.07) is 0.814. The van der Waals surface area contributed by atoms with Crippen molar-refractivity contribution in [2.24, 2.45) is 11.7 Å². The first-order chi connectivity index (χ1) is 6.79. The number of likely N-dealkylation sites (N-methyl/N-ethyl adjacent to an activating group) is 1. The largest absolute Gasteiger partial charge is 0.330 e. The van der Waals surface area contributed by atoms with Gasteiger partial charge >= 0.3 is 0 Å². The molecule has 0 aromatic heterocycles. The molecule has 0 saturated carbocycles. The Bertz CT molecular complexity index is 183. The van der Waals surface area contributed by atoms with E-state index in [-0.39, 0.29) is 0 Å². The lowest BCUT2D eigenvalue weighted by Crippen LogP contribution is -2.45. The number of nitrogens with two attached hydrogens (primary N) is 1. The molecule has 0 amide bonds. The molecule has 2 heterocycles. The third-order valence-corrected chi connectivity index (χ3v) is 3.77. The molecule has 2 rings (SSSR count). The third kappa shape index (κ3) is 2.27. The summed E-state index contributed by atoms with van der Waals surface area (Å²) < 4.78 is 0. The van der Waals surface area contributed by atoms with Crippen LogP contribution in [-0.2, 0) is 0 Å². The Morgan fingerprint density at radius 3 is 2.71 bits per heavy atom. The van der Waals surface area contributed by atoms with E-state index >= 15 is 0 Å². The molecule has 82 valence electrons. The highest BCUT2D eigenvalue weighted by molar-refractivity contribution is 4.85. The van der Waals surface area contributed by atoms with Crippen molar-refractivity contribution in [2.75, 3.05) is 39.8 Å². The predicted molar refractivity (Wildman–Crippen MR) is 59.3 cm³/mol. The van der Waals surface area contributed by atoms with Gasteiger partial charge in [-0.15, -0.1) is 0 Å². The van der Waals surface area contributed by atoms with Crippen molar-refractivity contribution < 1.29 is 0 Å². The van der Waals surface area contributed by atoms with E-state index in [2.05, 4.69) is 16.8 Å². The van der Waals surface area contributed by atoms with Gasteiger partial charge in [-0.25, -0.2) is 0 Å². The Hall–Kier alpha value is -0.120. The number of hydrogen-bond donors (Lipinski definition) is 1. The summed E-state index contributed by atoms with van der Waals surface area (Å²) in [6.07, 6.45) is 4.05. The number of piperidine rings is 1. The maximum absolute atomic E-state index is 5.75. The highest BCUT2D eigenvalue weighted by Crippen LogP contribution is 2.21. The third-order valence-electron chi connectivity index (χ3n) is 3.77. The first-order valence-corrected chi connectivity index (χ1v) is 5.92. The maximum atomic E-state index is 5.75. The molecule has 2 aliphatic rings. The first-order valence-electron chi connectivity index (χ1n) is 5.92. The summed E-state index contributed by atoms with van der Waals surface area (Å²) in [5.41, 5.74) is 5.75. The summed E-state index contributed by atoms with van der Waals surface area (Å²) in [6.45, 7) is 5.95. The van der Waals surface area contributed by atoms with Crippen molar-refractivity contribution in [1.82, 2.24) is 9.80 Å². The normalized spacial score (nSPS) is 36.4. The fourth-order valence-corrected chi connectivity index (χ4v) is 2.83. The van der Waals surface area contributed by atoms with Crippen LogP contribution < -0.4 is 5.73 Å². The maximum Gasteiger partial charge on any atom is 0.0235 e. The molecule has 14 heavy (non-hydrogen) atoms. The molecule has 0 aromatic carbocycles. The second kappa shape index (κ2) is 4.60. The van der Waals surface area contributed by atoms with Crippen molar-refractivity contribution in [2.45, 2.75) is 25.3 Å². The fraction of sp³-hybridized carbons (Fsp3) is 1.00. The van der Waals surface area contributed by atoms with Gasteiger partial charge in [0.15, 0.2) is 0 Å². The van der Waals surface area contributed by atoms with Gasteiger partial charge in [-0.3, -0.25) is 4.90 Å². The van der Waals surface area contributed by atoms with Gasteiger partial charge in [0.05, 0.1) is 0 Å². The van der Waals surface area contributed by atoms with Crippen LogP contribution in [0.25, 0.3) is 0 Å². The molecule has 2 saturated heterocycles. The fourth-order valence-electron chi connectivity index (χ4n) is 2.83. The minimum absolute atomic E-state index is 0.759. The van der Waals surface area contributed by atoms with E-state index in [1.54, 1.807) is 0 Å². The number of nitrogens with zero attached hydrogens (tertiary/aromatic N) is 2. The molecule has 3 heteroatoms. The quantitative estimate of drug-likeness (QED) is 0.694. The van der Waals surface area contributed by atoms with Crippen LogP contribution in [0.15, 0.2) is 0 Å². The topological polar surface area (TPSA) is 32.5 Å². The highest BCUT2D eigenvalue weighted by atomic mass is 15.2. The van der Waals surface area contributed by atoms with Crippen LogP contribution in [0.4, 0.5) is 0 Å². The van der Waals surface area contributed by atoms with Crippen LogP contribution in [0.5, 0.6) is 0 Å². The van der Waals surface area contributed by atoms with Crippen LogP contribution >= 0.6 is 0 Å². The molecule has 0 aliphatic carbocycles. The number of rotatable bonds is 2. The van der Waals surface area contributed by atoms with Crippen LogP contribution in [0, 0.1) is 5.92 Å². The predicted octanol–water partition coefficient (Wildman–Crippen LogP) is 0.361. The molecule has 0 aromatic rings. The molecule has 2 atom stereocenters. The van der Waals surface area contributed by atoms with Gasteiger partial charge in [0.1, 0.15) is 0 Å². The van der Waals surface area contributed by atoms with E-state index in [9.17, 15) is 0 Å². The molecule has 2 aliphatic heterocycles. The SMILES string of the molecule is CN1CCC(N2CCCC(CN)C2)C1. The average molecular weight is 197 g/mol. The van der Waals surface area contributed by atoms with Crippen LogP contribution in [0.1, 0.15) is 19.3 Å². The number of hydrogen-bond acceptors (Lipinski definition) is 3. The average Bonchev–Trinajstić information content (AvgIpc) is 2.65. The molecule has 0 radical (unpaired) electrons. The molecule has 2 N–H and O–H groups in total. The van der Waals surface area contributed by atoms with Crippen molar-refractivity contribution in [3.05, 3.63) is 0 Å². The molecule has 2 fully saturated rings. The van der Waals surface area contributed by atoms with Crippen molar-refractivity contribution >= 4 is 0 Å². The van der Waals surface area contributed by atoms with Gasteiger partial charge in [-0.1, -0.05) is 0 Å². The van der Waals surface area contributed by atoms with Gasteiger partial charge in [-0.05, 0) is 51.9 Å². The zero-order valence-electron chi connectivity index (χ0n) is 9.28. The summed E-state index contributed by atoms with van der Waals surface area (Å²) in [7, 11) is 2.23. The van der Waals surface area contributed by atoms with E-state index in [1.807, 2.05) is 0 Å². The van der Waals surface area contributed by atoms with E-state index in [0.717, 1.165) is 18.5 Å². The lowest BCUT2D eigenvalue weighted by molar-refractivity contribution is 0.129. The summed E-state index contributed by atoms with van der Waals surface area (Å²) >= 11 is 0. The van der Waals surface area contributed by atoms with E-state index in [1.165, 1.54) is 45.4 Å². The summed E-state index contributed by atoms with van der Waals surface area (Å²) in [5.74, 6) is 0.759. The lowest BCUT2D eigenvalue weighted by atomic mass is 9.97. The van der Waals surface area contributed by atoms with Gasteiger partial charge in [0, 0.05) is 19.1 Å². The van der Waals surface area contributed by atoms with E-state index < -0.39 is 0 Å². The zero-order valence-corrected chi connectivity index (χ0v) is 9.28. The molecule has 2 unspecified atom stereocenters. The van der Waals surface area contributed by atoms with Gasteiger partial charge in [-0.2, -0.15) is 0 Å². The first kappa shape index (κ1) is 10.4. The van der Waals surface area contributed by atoms with Gasteiger partial charge < -0.3 is 10.6 Å². The Morgan fingerprint density at radius 1 is 1.21 bits per heavy atom. The highest BCUT2D eigenvalue weighted by Gasteiger charge is 2.29. The van der Waals surface area contributed by atoms with Crippen LogP contribution in [0.3, 0.4) is 0 Å². The van der Waals surface area contributed by atoms with Crippen molar-refractivity contribution in [3.8, 4) is 0 Å². The van der Waals surface area contributed by atoms with E-state index in [0.29, 0.717) is 0 Å². The molecular weight excluding hydrogens is 174 g/mol. The second-order valence-corrected chi connectivity index (χ2v) is 4.94. The Labute approximate surface area is 87.2 Å². The monoisotopic (exact) mass is 197 g/mol. The van der Waals surface area contributed by atoms with Crippen molar-refractivity contribution in [1.29, 1.82) is 0 Å². The number of likely N-dealkylation sites (tertiary alicyclic amines) is 2. The Kier molecular flexibility index (Phi) is 3.42. The zero-order chi connectivity index (χ0) is 9.97. The minimum Gasteiger partial charge on any atom is -0.330 e. The van der Waals surface area contributed by atoms with Gasteiger partial charge in [0.2, 0.25) is 0 Å². The van der Waals surface area contributed by atoms with Crippen LogP contribution in [0.2, 0.25) is 0 Å². The smallest absolute Gasteiger partial charge is 0.0235 e. The van der Waals surface area contributed by atoms with E-state index in [4.69, 9.17) is 5.73 Å².